The van der Waals surface area contributed by atoms with E-state index in [0.717, 1.165) is 11.5 Å². The smallest absolute Gasteiger partial charge is 0.165 e. The van der Waals surface area contributed by atoms with Crippen LogP contribution in [0.25, 0.3) is 0 Å². The Labute approximate surface area is 122 Å². The lowest BCUT2D eigenvalue weighted by atomic mass is 10.3. The molecule has 0 aliphatic rings. The predicted octanol–water partition coefficient (Wildman–Crippen LogP) is 2.95. The van der Waals surface area contributed by atoms with Crippen molar-refractivity contribution in [2.75, 3.05) is 6.16 Å². The van der Waals surface area contributed by atoms with Gasteiger partial charge in [-0.3, -0.25) is 0 Å². The van der Waals surface area contributed by atoms with E-state index in [1.54, 1.807) is 6.07 Å². The number of aliphatic hydroxyl groups excluding tert-OH is 1. The van der Waals surface area contributed by atoms with Gasteiger partial charge in [0.05, 0.1) is 6.10 Å². The van der Waals surface area contributed by atoms with Crippen molar-refractivity contribution in [3.63, 3.8) is 0 Å². The van der Waals surface area contributed by atoms with Gasteiger partial charge in [0.1, 0.15) is 0 Å². The van der Waals surface area contributed by atoms with Gasteiger partial charge < -0.3 is 9.99 Å². The molecule has 0 amide bonds. The summed E-state index contributed by atoms with van der Waals surface area (Å²) < 4.78 is 0. The molecule has 2 aromatic carbocycles. The largest absolute Gasteiger partial charge is 0.393 e. The Morgan fingerprint density at radius 3 is 2.45 bits per heavy atom. The Morgan fingerprint density at radius 1 is 1.10 bits per heavy atom. The summed E-state index contributed by atoms with van der Waals surface area (Å²) in [4.78, 5) is 4.33. The van der Waals surface area contributed by atoms with E-state index in [1.807, 2.05) is 37.3 Å². The molecule has 2 aromatic rings. The van der Waals surface area contributed by atoms with Crippen LogP contribution < -0.4 is 15.5 Å². The second-order valence-electron chi connectivity index (χ2n) is 4.47. The Morgan fingerprint density at radius 2 is 1.80 bits per heavy atom. The highest BCUT2D eigenvalue weighted by Crippen LogP contribution is 2.53. The molecule has 20 heavy (non-hydrogen) atoms. The fourth-order valence-electron chi connectivity index (χ4n) is 1.81. The summed E-state index contributed by atoms with van der Waals surface area (Å²) in [5.41, 5.74) is 0. The molecule has 2 rings (SSSR count). The average molecular weight is 308 g/mol. The lowest BCUT2D eigenvalue weighted by Gasteiger charge is -2.19. The molecular formula is C15H18O3P2. The van der Waals surface area contributed by atoms with Crippen molar-refractivity contribution in [2.24, 2.45) is 0 Å². The van der Waals surface area contributed by atoms with E-state index in [4.69, 9.17) is 5.26 Å². The molecular weight excluding hydrogens is 290 g/mol. The Balaban J connectivity index is 2.30. The van der Waals surface area contributed by atoms with Crippen LogP contribution in [0.15, 0.2) is 54.6 Å². The van der Waals surface area contributed by atoms with Gasteiger partial charge in [-0.05, 0) is 43.4 Å². The van der Waals surface area contributed by atoms with Gasteiger partial charge in [0.2, 0.25) is 0 Å². The molecule has 3 atom stereocenters. The maximum absolute atomic E-state index is 9.55. The molecule has 3 nitrogen and oxygen atoms in total. The summed E-state index contributed by atoms with van der Waals surface area (Å²) in [6, 6.07) is 17.8. The molecule has 0 saturated carbocycles. The fourth-order valence-corrected chi connectivity index (χ4v) is 7.18. The van der Waals surface area contributed by atoms with Crippen LogP contribution in [-0.4, -0.2) is 22.6 Å². The van der Waals surface area contributed by atoms with Crippen molar-refractivity contribution in [1.29, 1.82) is 0 Å². The molecule has 106 valence electrons. The fraction of sp³-hybridized carbons (Fsp3) is 0.200. The number of rotatable bonds is 6. The van der Waals surface area contributed by atoms with Gasteiger partial charge in [-0.25, -0.2) is 5.26 Å². The third kappa shape index (κ3) is 4.26. The maximum Gasteiger partial charge on any atom is 0.165 e. The topological polar surface area (TPSA) is 49.7 Å². The number of hydrogen-bond donors (Lipinski definition) is 2. The summed E-state index contributed by atoms with van der Waals surface area (Å²) in [6.45, 7) is 1.82. The van der Waals surface area contributed by atoms with Crippen LogP contribution in [-0.2, 0) is 0 Å². The highest BCUT2D eigenvalue weighted by Gasteiger charge is 2.15. The molecule has 0 spiro atoms. The van der Waals surface area contributed by atoms with E-state index in [1.165, 1.54) is 5.30 Å². The van der Waals surface area contributed by atoms with Crippen molar-refractivity contribution >= 4 is 26.5 Å². The molecule has 0 aliphatic carbocycles. The van der Waals surface area contributed by atoms with Crippen molar-refractivity contribution in [2.45, 2.75) is 13.0 Å². The van der Waals surface area contributed by atoms with Crippen LogP contribution in [0.3, 0.4) is 0 Å². The molecule has 0 radical (unpaired) electrons. The zero-order chi connectivity index (χ0) is 14.4. The number of benzene rings is 2. The van der Waals surface area contributed by atoms with E-state index in [0.29, 0.717) is 14.0 Å². The minimum absolute atomic E-state index is 0.292. The standard InChI is InChI=1S/C15H18O3P2/c1-12(16)11-19-20(14-7-3-2-4-8-14)15-9-5-6-13(10-15)18-17/h2-10,12,16-17,19H,11H2,1H3. The van der Waals surface area contributed by atoms with E-state index in [-0.39, 0.29) is 6.10 Å². The van der Waals surface area contributed by atoms with Gasteiger partial charge in [-0.2, -0.15) is 0 Å². The summed E-state index contributed by atoms with van der Waals surface area (Å²) in [5.74, 6) is 0.452. The monoisotopic (exact) mass is 308 g/mol. The van der Waals surface area contributed by atoms with Crippen molar-refractivity contribution < 1.29 is 15.3 Å². The Hall–Kier alpha value is -0.980. The summed E-state index contributed by atoms with van der Waals surface area (Å²) >= 11 is 0. The second-order valence-corrected chi connectivity index (χ2v) is 9.19. The Bertz CT molecular complexity index is 532. The van der Waals surface area contributed by atoms with Gasteiger partial charge in [-0.15, -0.1) is 0 Å². The van der Waals surface area contributed by atoms with Gasteiger partial charge in [-0.1, -0.05) is 50.7 Å². The van der Waals surface area contributed by atoms with E-state index < -0.39 is 7.61 Å². The first kappa shape index (κ1) is 15.4. The highest BCUT2D eigenvalue weighted by atomic mass is 32.0. The zero-order valence-corrected chi connectivity index (χ0v) is 13.1. The molecule has 5 heteroatoms. The van der Waals surface area contributed by atoms with Crippen LogP contribution in [0, 0.1) is 0 Å². The average Bonchev–Trinajstić information content (AvgIpc) is 2.48. The Kier molecular flexibility index (Phi) is 5.94. The first-order chi connectivity index (χ1) is 9.70. The van der Waals surface area contributed by atoms with Crippen LogP contribution >= 0.6 is 15.9 Å². The third-order valence-electron chi connectivity index (χ3n) is 2.74. The van der Waals surface area contributed by atoms with Crippen LogP contribution in [0.2, 0.25) is 0 Å². The van der Waals surface area contributed by atoms with Crippen molar-refractivity contribution in [3.8, 4) is 5.75 Å². The molecule has 0 aromatic heterocycles. The molecule has 0 aliphatic heterocycles. The first-order valence-electron chi connectivity index (χ1n) is 6.39. The summed E-state index contributed by atoms with van der Waals surface area (Å²) in [6.07, 6.45) is 0.490. The van der Waals surface area contributed by atoms with Crippen molar-refractivity contribution in [1.82, 2.24) is 0 Å². The zero-order valence-electron chi connectivity index (χ0n) is 11.2. The quantitative estimate of drug-likeness (QED) is 0.490. The predicted molar refractivity (Wildman–Crippen MR) is 87.2 cm³/mol. The molecule has 0 heterocycles. The second kappa shape index (κ2) is 7.71. The number of hydrogen-bond acceptors (Lipinski definition) is 3. The summed E-state index contributed by atoms with van der Waals surface area (Å²) in [7, 11) is 0.105. The van der Waals surface area contributed by atoms with Crippen LogP contribution in [0.1, 0.15) is 6.92 Å². The first-order valence-corrected chi connectivity index (χ1v) is 9.78. The number of aliphatic hydroxyl groups is 1. The van der Waals surface area contributed by atoms with Crippen LogP contribution in [0.5, 0.6) is 5.75 Å². The third-order valence-corrected chi connectivity index (χ3v) is 8.48. The highest BCUT2D eigenvalue weighted by molar-refractivity contribution is 8.28. The molecule has 2 N–H and O–H groups in total. The van der Waals surface area contributed by atoms with E-state index in [9.17, 15) is 5.11 Å². The maximum atomic E-state index is 9.55. The lowest BCUT2D eigenvalue weighted by Crippen LogP contribution is -2.11. The molecule has 0 fully saturated rings. The minimum atomic E-state index is -0.529. The van der Waals surface area contributed by atoms with Gasteiger partial charge in [0.15, 0.2) is 5.75 Å². The SMILES string of the molecule is CC(O)CPP(c1ccccc1)c1cccc(OO)c1. The molecule has 0 saturated heterocycles. The van der Waals surface area contributed by atoms with Crippen molar-refractivity contribution in [3.05, 3.63) is 54.6 Å². The van der Waals surface area contributed by atoms with Crippen LogP contribution in [0.4, 0.5) is 0 Å². The van der Waals surface area contributed by atoms with Gasteiger partial charge in [0, 0.05) is 0 Å². The van der Waals surface area contributed by atoms with E-state index >= 15 is 0 Å². The van der Waals surface area contributed by atoms with Gasteiger partial charge in [0.25, 0.3) is 0 Å². The molecule has 3 unspecified atom stereocenters. The normalized spacial score (nSPS) is 14.3. The van der Waals surface area contributed by atoms with E-state index in [2.05, 4.69) is 23.1 Å². The lowest BCUT2D eigenvalue weighted by molar-refractivity contribution is -0.137. The van der Waals surface area contributed by atoms with Gasteiger partial charge >= 0.3 is 0 Å². The minimum Gasteiger partial charge on any atom is -0.393 e. The molecule has 0 bridgehead atoms. The summed E-state index contributed by atoms with van der Waals surface area (Å²) in [5, 5.41) is 20.8.